The van der Waals surface area contributed by atoms with Gasteiger partial charge in [-0.1, -0.05) is 5.92 Å². The van der Waals surface area contributed by atoms with Crippen LogP contribution in [0, 0.1) is 12.3 Å². The highest BCUT2D eigenvalue weighted by Crippen LogP contribution is 2.28. The molecule has 3 aliphatic rings. The van der Waals surface area contributed by atoms with Gasteiger partial charge in [-0.2, -0.15) is 4.31 Å². The van der Waals surface area contributed by atoms with Crippen LogP contribution in [-0.2, 0) is 39.6 Å². The number of fused-ring (bicyclic) bond motifs is 2. The average Bonchev–Trinajstić information content (AvgIpc) is 3.59. The highest BCUT2D eigenvalue weighted by atomic mass is 32.2. The van der Waals surface area contributed by atoms with E-state index in [1.54, 1.807) is 34.1 Å². The topological polar surface area (TPSA) is 111 Å². The van der Waals surface area contributed by atoms with Crippen molar-refractivity contribution in [1.82, 2.24) is 28.6 Å². The van der Waals surface area contributed by atoms with Gasteiger partial charge in [0.1, 0.15) is 5.03 Å². The summed E-state index contributed by atoms with van der Waals surface area (Å²) < 4.78 is 36.8. The first kappa shape index (κ1) is 27.4. The van der Waals surface area contributed by atoms with Crippen LogP contribution >= 0.6 is 0 Å². The molecule has 6 rings (SSSR count). The predicted molar refractivity (Wildman–Crippen MR) is 152 cm³/mol. The lowest BCUT2D eigenvalue weighted by Crippen LogP contribution is -2.60. The van der Waals surface area contributed by atoms with E-state index in [1.807, 2.05) is 22.7 Å². The van der Waals surface area contributed by atoms with E-state index >= 15 is 0 Å². The molecule has 0 saturated carbocycles. The van der Waals surface area contributed by atoms with Crippen molar-refractivity contribution in [3.05, 3.63) is 53.3 Å². The van der Waals surface area contributed by atoms with E-state index in [9.17, 15) is 18.0 Å². The summed E-state index contributed by atoms with van der Waals surface area (Å²) in [4.78, 5) is 35.2. The van der Waals surface area contributed by atoms with E-state index in [0.717, 1.165) is 12.0 Å². The molecule has 0 spiro atoms. The van der Waals surface area contributed by atoms with Gasteiger partial charge in [-0.05, 0) is 41.8 Å². The molecular weight excluding hydrogens is 544 g/mol. The zero-order valence-corrected chi connectivity index (χ0v) is 23.9. The van der Waals surface area contributed by atoms with Crippen LogP contribution in [-0.4, -0.2) is 107 Å². The van der Waals surface area contributed by atoms with E-state index < -0.39 is 16.1 Å². The van der Waals surface area contributed by atoms with Gasteiger partial charge in [-0.3, -0.25) is 4.79 Å². The number of aromatic nitrogens is 2. The summed E-state index contributed by atoms with van der Waals surface area (Å²) in [6, 6.07) is 6.01. The quantitative estimate of drug-likeness (QED) is 0.473. The number of ether oxygens (including phenoxy) is 1. The Kier molecular flexibility index (Phi) is 7.27. The normalized spacial score (nSPS) is 20.2. The Morgan fingerprint density at radius 1 is 1.02 bits per heavy atom. The number of aromatic amines is 1. The Balaban J connectivity index is 1.25. The molecule has 0 aliphatic carbocycles. The predicted octanol–water partition coefficient (Wildman–Crippen LogP) is 1.59. The number of terminal acetylenes is 1. The molecule has 3 amide bonds. The second kappa shape index (κ2) is 10.9. The van der Waals surface area contributed by atoms with Gasteiger partial charge >= 0.3 is 6.03 Å². The maximum absolute atomic E-state index is 14.0. The van der Waals surface area contributed by atoms with E-state index in [0.29, 0.717) is 55.9 Å². The number of piperazine rings is 1. The molecule has 1 atom stereocenters. The summed E-state index contributed by atoms with van der Waals surface area (Å²) in [5, 5.41) is 0.733. The summed E-state index contributed by atoms with van der Waals surface area (Å²) in [5.74, 6) is 2.43. The van der Waals surface area contributed by atoms with Gasteiger partial charge in [-0.25, -0.2) is 13.2 Å². The monoisotopic (exact) mass is 578 g/mol. The summed E-state index contributed by atoms with van der Waals surface area (Å²) in [6.45, 7) is 3.40. The van der Waals surface area contributed by atoms with Crippen molar-refractivity contribution >= 4 is 32.9 Å². The van der Waals surface area contributed by atoms with E-state index in [2.05, 4.69) is 17.1 Å². The first-order valence-corrected chi connectivity index (χ1v) is 15.3. The van der Waals surface area contributed by atoms with Crippen molar-refractivity contribution in [2.75, 3.05) is 52.5 Å². The van der Waals surface area contributed by atoms with Crippen LogP contribution in [0.25, 0.3) is 10.9 Å². The number of carbonyl (C=O) groups is 2. The Hall–Kier alpha value is -3.79. The van der Waals surface area contributed by atoms with E-state index in [1.165, 1.54) is 9.87 Å². The van der Waals surface area contributed by atoms with Gasteiger partial charge in [0.25, 0.3) is 10.0 Å². The molecule has 1 N–H and O–H groups in total. The number of nitrogens with zero attached hydrogens (tertiary/aromatic N) is 5. The summed E-state index contributed by atoms with van der Waals surface area (Å²) in [7, 11) is -2.03. The van der Waals surface area contributed by atoms with Crippen molar-refractivity contribution in [1.29, 1.82) is 0 Å². The zero-order chi connectivity index (χ0) is 28.7. The molecule has 3 aromatic rings. The van der Waals surface area contributed by atoms with Crippen LogP contribution in [0.1, 0.15) is 23.1 Å². The van der Waals surface area contributed by atoms with Crippen LogP contribution in [0.4, 0.5) is 4.79 Å². The lowest BCUT2D eigenvalue weighted by atomic mass is 10.1. The largest absolute Gasteiger partial charge is 0.378 e. The summed E-state index contributed by atoms with van der Waals surface area (Å²) in [6.07, 6.45) is 10.4. The van der Waals surface area contributed by atoms with Gasteiger partial charge in [0.2, 0.25) is 5.91 Å². The molecule has 216 valence electrons. The van der Waals surface area contributed by atoms with Crippen LogP contribution in [0.3, 0.4) is 0 Å². The van der Waals surface area contributed by atoms with E-state index in [-0.39, 0.29) is 43.0 Å². The van der Waals surface area contributed by atoms with Crippen LogP contribution in [0.2, 0.25) is 0 Å². The lowest BCUT2D eigenvalue weighted by molar-refractivity contribution is -0.136. The molecule has 1 aromatic carbocycles. The maximum Gasteiger partial charge on any atom is 0.320 e. The molecule has 2 fully saturated rings. The molecule has 3 aliphatic heterocycles. The SMILES string of the molecule is C#Cc1ccc2[nH]c(S(=O)(=O)N3CCN(C(=O)N4CCc5cn(C)cc5C4)CC3CC(=O)N3CCOCC3)cc2c1. The second-order valence-corrected chi connectivity index (χ2v) is 12.8. The summed E-state index contributed by atoms with van der Waals surface area (Å²) in [5.41, 5.74) is 3.68. The van der Waals surface area contributed by atoms with Crippen molar-refractivity contribution in [2.24, 2.45) is 7.05 Å². The van der Waals surface area contributed by atoms with Crippen LogP contribution in [0.15, 0.2) is 41.7 Å². The highest BCUT2D eigenvalue weighted by Gasteiger charge is 2.41. The van der Waals surface area contributed by atoms with Crippen LogP contribution in [0.5, 0.6) is 0 Å². The third-order valence-electron chi connectivity index (χ3n) is 8.24. The highest BCUT2D eigenvalue weighted by molar-refractivity contribution is 7.89. The molecule has 0 radical (unpaired) electrons. The second-order valence-electron chi connectivity index (χ2n) is 10.9. The Morgan fingerprint density at radius 3 is 2.59 bits per heavy atom. The lowest BCUT2D eigenvalue weighted by Gasteiger charge is -2.42. The standard InChI is InChI=1S/C29H34N6O5S/c1-3-21-4-5-26-23(14-21)15-27(30-26)41(38,39)35-9-8-34(20-25(35)16-28(36)32-10-12-40-13-11-32)29(37)33-7-6-22-17-31(2)18-24(22)19-33/h1,4-5,14-15,17-18,25,30H,6-13,16,19-20H2,2H3. The smallest absolute Gasteiger partial charge is 0.320 e. The number of carbonyl (C=O) groups excluding carboxylic acids is 2. The molecule has 11 nitrogen and oxygen atoms in total. The van der Waals surface area contributed by atoms with E-state index in [4.69, 9.17) is 11.2 Å². The average molecular weight is 579 g/mol. The van der Waals surface area contributed by atoms with Crippen molar-refractivity contribution in [3.8, 4) is 12.3 Å². The number of amides is 3. The Labute approximate surface area is 239 Å². The minimum Gasteiger partial charge on any atom is -0.378 e. The fourth-order valence-electron chi connectivity index (χ4n) is 6.07. The maximum atomic E-state index is 14.0. The molecule has 1 unspecified atom stereocenters. The number of rotatable bonds is 4. The van der Waals surface area contributed by atoms with Crippen molar-refractivity contribution in [2.45, 2.75) is 30.5 Å². The third-order valence-corrected chi connectivity index (χ3v) is 10.1. The summed E-state index contributed by atoms with van der Waals surface area (Å²) >= 11 is 0. The number of nitrogens with one attached hydrogen (secondary N) is 1. The number of hydrogen-bond acceptors (Lipinski definition) is 5. The number of hydrogen-bond donors (Lipinski definition) is 1. The van der Waals surface area contributed by atoms with Gasteiger partial charge in [-0.15, -0.1) is 6.42 Å². The minimum atomic E-state index is -4.00. The molecular formula is C29H34N6O5S. The van der Waals surface area contributed by atoms with Gasteiger partial charge < -0.3 is 29.0 Å². The Bertz CT molecular complexity index is 1630. The van der Waals surface area contributed by atoms with Gasteiger partial charge in [0.15, 0.2) is 0 Å². The number of H-pyrrole nitrogens is 1. The molecule has 0 bridgehead atoms. The van der Waals surface area contributed by atoms with Gasteiger partial charge in [0.05, 0.1) is 19.3 Å². The zero-order valence-electron chi connectivity index (χ0n) is 23.1. The fraction of sp³-hybridized carbons (Fsp3) is 0.448. The van der Waals surface area contributed by atoms with Gasteiger partial charge in [0, 0.05) is 88.1 Å². The minimum absolute atomic E-state index is 0.0205. The van der Waals surface area contributed by atoms with Crippen molar-refractivity contribution in [3.63, 3.8) is 0 Å². The number of sulfonamides is 1. The van der Waals surface area contributed by atoms with Crippen LogP contribution < -0.4 is 0 Å². The first-order valence-electron chi connectivity index (χ1n) is 13.9. The molecule has 5 heterocycles. The number of urea groups is 1. The molecule has 2 aromatic heterocycles. The fourth-order valence-corrected chi connectivity index (χ4v) is 7.69. The molecule has 41 heavy (non-hydrogen) atoms. The molecule has 12 heteroatoms. The third kappa shape index (κ3) is 5.32. The number of benzene rings is 1. The molecule has 2 saturated heterocycles. The van der Waals surface area contributed by atoms with Crippen molar-refractivity contribution < 1.29 is 22.7 Å². The Morgan fingerprint density at radius 2 is 1.80 bits per heavy atom. The number of morpholine rings is 1. The number of aryl methyl sites for hydroxylation is 1. The first-order chi connectivity index (χ1) is 19.7.